The van der Waals surface area contributed by atoms with E-state index >= 15 is 0 Å². The van der Waals surface area contributed by atoms with Crippen LogP contribution in [0.25, 0.3) is 5.57 Å². The third kappa shape index (κ3) is 2.16. The maximum atomic E-state index is 12.9. The SMILES string of the molecule is FC=C(c1ccccc1)c1ccc(F)cc1. The molecule has 2 aromatic rings. The number of benzene rings is 2. The maximum Gasteiger partial charge on any atom is 0.123 e. The van der Waals surface area contributed by atoms with Crippen molar-refractivity contribution >= 4 is 5.57 Å². The fourth-order valence-corrected chi connectivity index (χ4v) is 1.54. The Bertz CT molecular complexity index is 484. The van der Waals surface area contributed by atoms with Crippen LogP contribution in [-0.4, -0.2) is 0 Å². The summed E-state index contributed by atoms with van der Waals surface area (Å²) in [5.41, 5.74) is 1.90. The van der Waals surface area contributed by atoms with E-state index in [2.05, 4.69) is 0 Å². The molecule has 0 aliphatic rings. The van der Waals surface area contributed by atoms with Gasteiger partial charge in [0, 0.05) is 5.57 Å². The Morgan fingerprint density at radius 3 is 1.94 bits per heavy atom. The summed E-state index contributed by atoms with van der Waals surface area (Å²) in [6.45, 7) is 0. The highest BCUT2D eigenvalue weighted by molar-refractivity contribution is 5.78. The molecular formula is C14H10F2. The second kappa shape index (κ2) is 4.71. The molecule has 0 spiro atoms. The molecule has 0 bridgehead atoms. The minimum Gasteiger partial charge on any atom is -0.215 e. The molecule has 0 aromatic heterocycles. The summed E-state index contributed by atoms with van der Waals surface area (Å²) in [5, 5.41) is 0. The van der Waals surface area contributed by atoms with Crippen LogP contribution in [0.1, 0.15) is 11.1 Å². The van der Waals surface area contributed by atoms with E-state index in [9.17, 15) is 8.78 Å². The molecular weight excluding hydrogens is 206 g/mol. The number of halogens is 2. The van der Waals surface area contributed by atoms with Crippen LogP contribution in [-0.2, 0) is 0 Å². The molecule has 0 amide bonds. The van der Waals surface area contributed by atoms with Gasteiger partial charge >= 0.3 is 0 Å². The zero-order valence-electron chi connectivity index (χ0n) is 8.53. The summed E-state index contributed by atoms with van der Waals surface area (Å²) >= 11 is 0. The Kier molecular flexibility index (Phi) is 3.10. The lowest BCUT2D eigenvalue weighted by Gasteiger charge is -2.05. The topological polar surface area (TPSA) is 0 Å². The molecule has 0 atom stereocenters. The number of hydrogen-bond donors (Lipinski definition) is 0. The predicted octanol–water partition coefficient (Wildman–Crippen LogP) is 4.18. The van der Waals surface area contributed by atoms with Crippen LogP contribution < -0.4 is 0 Å². The van der Waals surface area contributed by atoms with Gasteiger partial charge in [-0.2, -0.15) is 0 Å². The Morgan fingerprint density at radius 1 is 0.812 bits per heavy atom. The van der Waals surface area contributed by atoms with Gasteiger partial charge in [-0.25, -0.2) is 8.78 Å². The van der Waals surface area contributed by atoms with E-state index in [1.54, 1.807) is 12.1 Å². The Balaban J connectivity index is 2.42. The average Bonchev–Trinajstić information content (AvgIpc) is 2.34. The summed E-state index contributed by atoms with van der Waals surface area (Å²) in [5.74, 6) is -0.324. The van der Waals surface area contributed by atoms with Crippen molar-refractivity contribution in [3.05, 3.63) is 77.9 Å². The van der Waals surface area contributed by atoms with Crippen molar-refractivity contribution in [3.63, 3.8) is 0 Å². The quantitative estimate of drug-likeness (QED) is 0.706. The van der Waals surface area contributed by atoms with E-state index in [1.165, 1.54) is 12.1 Å². The van der Waals surface area contributed by atoms with E-state index < -0.39 is 0 Å². The molecule has 0 radical (unpaired) electrons. The molecule has 0 nitrogen and oxygen atoms in total. The van der Waals surface area contributed by atoms with E-state index in [0.717, 1.165) is 5.56 Å². The molecule has 0 N–H and O–H groups in total. The van der Waals surface area contributed by atoms with Gasteiger partial charge in [0.25, 0.3) is 0 Å². The van der Waals surface area contributed by atoms with Gasteiger partial charge in [0.05, 0.1) is 6.33 Å². The molecule has 0 saturated carbocycles. The van der Waals surface area contributed by atoms with Crippen LogP contribution >= 0.6 is 0 Å². The fraction of sp³-hybridized carbons (Fsp3) is 0. The molecule has 0 saturated heterocycles. The van der Waals surface area contributed by atoms with E-state index in [4.69, 9.17) is 0 Å². The third-order valence-corrected chi connectivity index (χ3v) is 2.35. The van der Waals surface area contributed by atoms with Crippen molar-refractivity contribution in [2.24, 2.45) is 0 Å². The van der Waals surface area contributed by atoms with Crippen LogP contribution in [0.4, 0.5) is 8.78 Å². The zero-order valence-corrected chi connectivity index (χ0v) is 8.53. The second-order valence-electron chi connectivity index (χ2n) is 3.40. The first-order chi connectivity index (χ1) is 7.81. The average molecular weight is 216 g/mol. The van der Waals surface area contributed by atoms with Crippen molar-refractivity contribution in [3.8, 4) is 0 Å². The summed E-state index contributed by atoms with van der Waals surface area (Å²) in [7, 11) is 0. The van der Waals surface area contributed by atoms with Crippen LogP contribution in [0.5, 0.6) is 0 Å². The Labute approximate surface area is 92.9 Å². The van der Waals surface area contributed by atoms with Crippen molar-refractivity contribution in [2.75, 3.05) is 0 Å². The molecule has 16 heavy (non-hydrogen) atoms. The highest BCUT2D eigenvalue weighted by atomic mass is 19.1. The minimum atomic E-state index is -0.324. The van der Waals surface area contributed by atoms with Crippen LogP contribution in [0.15, 0.2) is 60.9 Å². The first-order valence-electron chi connectivity index (χ1n) is 4.93. The van der Waals surface area contributed by atoms with Gasteiger partial charge in [0.1, 0.15) is 5.82 Å². The molecule has 80 valence electrons. The highest BCUT2D eigenvalue weighted by Gasteiger charge is 2.04. The fourth-order valence-electron chi connectivity index (χ4n) is 1.54. The lowest BCUT2D eigenvalue weighted by Crippen LogP contribution is -1.87. The van der Waals surface area contributed by atoms with E-state index in [-0.39, 0.29) is 5.82 Å². The smallest absolute Gasteiger partial charge is 0.123 e. The van der Waals surface area contributed by atoms with Gasteiger partial charge in [-0.15, -0.1) is 0 Å². The Morgan fingerprint density at radius 2 is 1.38 bits per heavy atom. The molecule has 0 aliphatic carbocycles. The molecule has 2 rings (SSSR count). The summed E-state index contributed by atoms with van der Waals surface area (Å²) in [6.07, 6.45) is 0.544. The van der Waals surface area contributed by atoms with Gasteiger partial charge in [0.2, 0.25) is 0 Å². The van der Waals surface area contributed by atoms with Crippen LogP contribution in [0, 0.1) is 5.82 Å². The summed E-state index contributed by atoms with van der Waals surface area (Å²) in [4.78, 5) is 0. The lowest BCUT2D eigenvalue weighted by atomic mass is 9.99. The largest absolute Gasteiger partial charge is 0.215 e. The van der Waals surface area contributed by atoms with Gasteiger partial charge in [-0.1, -0.05) is 42.5 Å². The summed E-state index contributed by atoms with van der Waals surface area (Å²) in [6, 6.07) is 14.9. The van der Waals surface area contributed by atoms with Gasteiger partial charge in [-0.05, 0) is 23.3 Å². The van der Waals surface area contributed by atoms with Crippen molar-refractivity contribution in [2.45, 2.75) is 0 Å². The van der Waals surface area contributed by atoms with E-state index in [1.807, 2.05) is 30.3 Å². The first kappa shape index (κ1) is 10.6. The molecule has 0 unspecified atom stereocenters. The Hall–Kier alpha value is -1.96. The van der Waals surface area contributed by atoms with Crippen molar-refractivity contribution in [1.82, 2.24) is 0 Å². The van der Waals surface area contributed by atoms with E-state index in [0.29, 0.717) is 17.5 Å². The minimum absolute atomic E-state index is 0.324. The van der Waals surface area contributed by atoms with Gasteiger partial charge in [0.15, 0.2) is 0 Å². The number of hydrogen-bond acceptors (Lipinski definition) is 0. The standard InChI is InChI=1S/C14H10F2/c15-10-14(11-4-2-1-3-5-11)12-6-8-13(16)9-7-12/h1-10H. The van der Waals surface area contributed by atoms with Gasteiger partial charge < -0.3 is 0 Å². The number of rotatable bonds is 2. The van der Waals surface area contributed by atoms with Crippen molar-refractivity contribution in [1.29, 1.82) is 0 Å². The van der Waals surface area contributed by atoms with Crippen molar-refractivity contribution < 1.29 is 8.78 Å². The van der Waals surface area contributed by atoms with Crippen LogP contribution in [0.2, 0.25) is 0 Å². The highest BCUT2D eigenvalue weighted by Crippen LogP contribution is 2.23. The normalized spacial score (nSPS) is 11.5. The van der Waals surface area contributed by atoms with Gasteiger partial charge in [-0.3, -0.25) is 0 Å². The first-order valence-corrected chi connectivity index (χ1v) is 4.93. The second-order valence-corrected chi connectivity index (χ2v) is 3.40. The third-order valence-electron chi connectivity index (χ3n) is 2.35. The lowest BCUT2D eigenvalue weighted by molar-refractivity contribution is 0.627. The molecule has 2 aromatic carbocycles. The monoisotopic (exact) mass is 216 g/mol. The summed E-state index contributed by atoms with van der Waals surface area (Å²) < 4.78 is 25.6. The zero-order chi connectivity index (χ0) is 11.4. The molecule has 2 heteroatoms. The molecule has 0 aliphatic heterocycles. The molecule has 0 heterocycles. The van der Waals surface area contributed by atoms with Crippen LogP contribution in [0.3, 0.4) is 0 Å². The predicted molar refractivity (Wildman–Crippen MR) is 61.0 cm³/mol. The molecule has 0 fully saturated rings. The maximum absolute atomic E-state index is 12.9.